The van der Waals surface area contributed by atoms with Crippen molar-refractivity contribution in [2.24, 2.45) is 0 Å². The Morgan fingerprint density at radius 3 is 1.90 bits per heavy atom. The van der Waals surface area contributed by atoms with Crippen LogP contribution >= 0.6 is 0 Å². The molecule has 0 aromatic carbocycles. The van der Waals surface area contributed by atoms with Gasteiger partial charge in [-0.2, -0.15) is 0 Å². The minimum Gasteiger partial charge on any atom is -0.444 e. The number of hydrogen-bond acceptors (Lipinski definition) is 3. The fraction of sp³-hybridized carbons (Fsp3) is 0.812. The Kier molecular flexibility index (Phi) is 12.5. The predicted octanol–water partition coefficient (Wildman–Crippen LogP) is 3.78. The number of carbonyl (C=O) groups excluding carboxylic acids is 1. The lowest BCUT2D eigenvalue weighted by Crippen LogP contribution is -2.49. The first kappa shape index (κ1) is 21.3. The van der Waals surface area contributed by atoms with Gasteiger partial charge in [0.15, 0.2) is 0 Å². The van der Waals surface area contributed by atoms with Crippen LogP contribution in [0.2, 0.25) is 0 Å². The number of carbonyl (C=O) groups is 1. The van der Waals surface area contributed by atoms with Crippen LogP contribution in [0.1, 0.15) is 48.5 Å². The van der Waals surface area contributed by atoms with E-state index in [2.05, 4.69) is 18.4 Å². The highest BCUT2D eigenvalue weighted by Crippen LogP contribution is 2.11. The summed E-state index contributed by atoms with van der Waals surface area (Å²) in [5.74, 6) is 0. The van der Waals surface area contributed by atoms with Crippen LogP contribution < -0.4 is 0 Å². The molecular weight excluding hydrogens is 252 g/mol. The van der Waals surface area contributed by atoms with Crippen LogP contribution in [0.5, 0.6) is 0 Å². The first-order valence-corrected chi connectivity index (χ1v) is 7.61. The fourth-order valence-electron chi connectivity index (χ4n) is 1.57. The van der Waals surface area contributed by atoms with Gasteiger partial charge >= 0.3 is 6.09 Å². The lowest BCUT2D eigenvalue weighted by atomic mass is 10.2. The molecule has 0 atom stereocenters. The average Bonchev–Trinajstić information content (AvgIpc) is 2.40. The number of rotatable bonds is 1. The molecule has 1 heterocycles. The van der Waals surface area contributed by atoms with Crippen LogP contribution in [0.25, 0.3) is 0 Å². The molecule has 1 aliphatic rings. The Labute approximate surface area is 125 Å². The summed E-state index contributed by atoms with van der Waals surface area (Å²) >= 11 is 0. The molecule has 1 fully saturated rings. The van der Waals surface area contributed by atoms with Crippen molar-refractivity contribution in [3.05, 3.63) is 12.7 Å². The van der Waals surface area contributed by atoms with E-state index in [-0.39, 0.29) is 11.7 Å². The summed E-state index contributed by atoms with van der Waals surface area (Å²) in [5.41, 5.74) is -0.390. The maximum atomic E-state index is 11.7. The van der Waals surface area contributed by atoms with Crippen LogP contribution in [0, 0.1) is 0 Å². The summed E-state index contributed by atoms with van der Waals surface area (Å²) in [6.45, 7) is 21.6. The first-order chi connectivity index (χ1) is 9.34. The molecular formula is C16H34N2O2. The van der Waals surface area contributed by atoms with E-state index in [0.29, 0.717) is 0 Å². The van der Waals surface area contributed by atoms with Crippen LogP contribution in [0.15, 0.2) is 12.7 Å². The molecule has 0 unspecified atom stereocenters. The Morgan fingerprint density at radius 2 is 1.60 bits per heavy atom. The highest BCUT2D eigenvalue weighted by molar-refractivity contribution is 5.68. The Balaban J connectivity index is 0. The molecule has 0 saturated carbocycles. The molecule has 0 spiro atoms. The van der Waals surface area contributed by atoms with Gasteiger partial charge in [-0.1, -0.05) is 26.8 Å². The summed E-state index contributed by atoms with van der Waals surface area (Å²) in [7, 11) is 0. The van der Waals surface area contributed by atoms with Crippen molar-refractivity contribution < 1.29 is 9.53 Å². The largest absolute Gasteiger partial charge is 0.444 e. The highest BCUT2D eigenvalue weighted by Gasteiger charge is 2.24. The molecule has 1 aliphatic heterocycles. The van der Waals surface area contributed by atoms with E-state index < -0.39 is 0 Å². The van der Waals surface area contributed by atoms with Crippen LogP contribution in [0.4, 0.5) is 4.79 Å². The van der Waals surface area contributed by atoms with Crippen molar-refractivity contribution in [1.29, 1.82) is 0 Å². The van der Waals surface area contributed by atoms with Crippen molar-refractivity contribution in [3.63, 3.8) is 0 Å². The van der Waals surface area contributed by atoms with Gasteiger partial charge in [-0.25, -0.2) is 4.79 Å². The maximum Gasteiger partial charge on any atom is 0.410 e. The van der Waals surface area contributed by atoms with Gasteiger partial charge in [-0.15, -0.1) is 6.58 Å². The molecule has 120 valence electrons. The number of allylic oxidation sites excluding steroid dienone is 1. The molecule has 0 N–H and O–H groups in total. The average molecular weight is 286 g/mol. The molecule has 1 saturated heterocycles. The Hall–Kier alpha value is -1.03. The summed E-state index contributed by atoms with van der Waals surface area (Å²) in [6, 6.07) is 0. The second kappa shape index (κ2) is 11.8. The van der Waals surface area contributed by atoms with Gasteiger partial charge in [0.2, 0.25) is 0 Å². The van der Waals surface area contributed by atoms with Crippen molar-refractivity contribution in [3.8, 4) is 0 Å². The van der Waals surface area contributed by atoms with E-state index in [1.165, 1.54) is 0 Å². The van der Waals surface area contributed by atoms with Gasteiger partial charge in [-0.3, -0.25) is 0 Å². The predicted molar refractivity (Wildman–Crippen MR) is 87.1 cm³/mol. The zero-order chi connectivity index (χ0) is 16.2. The molecule has 4 nitrogen and oxygen atoms in total. The van der Waals surface area contributed by atoms with E-state index in [0.717, 1.165) is 32.7 Å². The second-order valence-electron chi connectivity index (χ2n) is 5.31. The Bertz CT molecular complexity index is 252. The van der Waals surface area contributed by atoms with Crippen molar-refractivity contribution in [2.45, 2.75) is 54.1 Å². The number of hydrogen-bond donors (Lipinski definition) is 0. The number of piperazine rings is 1. The van der Waals surface area contributed by atoms with Gasteiger partial charge in [0.1, 0.15) is 5.60 Å². The van der Waals surface area contributed by atoms with E-state index in [4.69, 9.17) is 4.74 Å². The van der Waals surface area contributed by atoms with Crippen molar-refractivity contribution in [1.82, 2.24) is 9.80 Å². The smallest absolute Gasteiger partial charge is 0.410 e. The lowest BCUT2D eigenvalue weighted by Gasteiger charge is -2.35. The highest BCUT2D eigenvalue weighted by atomic mass is 16.6. The van der Waals surface area contributed by atoms with Crippen LogP contribution in [0.3, 0.4) is 0 Å². The minimum atomic E-state index is -0.390. The molecule has 4 heteroatoms. The fourth-order valence-corrected chi connectivity index (χ4v) is 1.57. The van der Waals surface area contributed by atoms with E-state index in [9.17, 15) is 4.79 Å². The third-order valence-corrected chi connectivity index (χ3v) is 2.47. The summed E-state index contributed by atoms with van der Waals surface area (Å²) in [5, 5.41) is 0. The standard InChI is InChI=1S/C11H22N2O2.C3H6.C2H6/c1-5-12-6-8-13(9-7-12)10(14)15-11(2,3)4;1-3-2;1-2/h5-9H2,1-4H3;3H,1H2,2H3;1-2H3. The number of nitrogens with zero attached hydrogens (tertiary/aromatic N) is 2. The molecule has 0 radical (unpaired) electrons. The van der Waals surface area contributed by atoms with Crippen LogP contribution in [-0.2, 0) is 4.74 Å². The minimum absolute atomic E-state index is 0.182. The van der Waals surface area contributed by atoms with Gasteiger partial charge in [0.05, 0.1) is 0 Å². The number of amides is 1. The molecule has 0 aliphatic carbocycles. The molecule has 0 aromatic heterocycles. The van der Waals surface area contributed by atoms with Gasteiger partial charge < -0.3 is 14.5 Å². The zero-order valence-corrected chi connectivity index (χ0v) is 14.5. The van der Waals surface area contributed by atoms with Crippen LogP contribution in [-0.4, -0.2) is 54.2 Å². The third kappa shape index (κ3) is 10.9. The zero-order valence-electron chi connectivity index (χ0n) is 14.5. The van der Waals surface area contributed by atoms with E-state index in [1.54, 1.807) is 11.0 Å². The topological polar surface area (TPSA) is 32.8 Å². The number of likely N-dealkylation sites (N-methyl/N-ethyl adjacent to an activating group) is 1. The number of ether oxygens (including phenoxy) is 1. The SMILES string of the molecule is C=CC.CC.CCN1CCN(C(=O)OC(C)(C)C)CC1. The molecule has 20 heavy (non-hydrogen) atoms. The molecule has 1 amide bonds. The first-order valence-electron chi connectivity index (χ1n) is 7.61. The maximum absolute atomic E-state index is 11.7. The van der Waals surface area contributed by atoms with E-state index >= 15 is 0 Å². The summed E-state index contributed by atoms with van der Waals surface area (Å²) in [6.07, 6.45) is 1.57. The molecule has 0 bridgehead atoms. The molecule has 1 rings (SSSR count). The monoisotopic (exact) mass is 286 g/mol. The summed E-state index contributed by atoms with van der Waals surface area (Å²) < 4.78 is 5.31. The normalized spacial score (nSPS) is 15.2. The lowest BCUT2D eigenvalue weighted by molar-refractivity contribution is 0.0149. The van der Waals surface area contributed by atoms with Gasteiger partial charge in [-0.05, 0) is 34.2 Å². The quantitative estimate of drug-likeness (QED) is 0.688. The summed E-state index contributed by atoms with van der Waals surface area (Å²) in [4.78, 5) is 15.8. The van der Waals surface area contributed by atoms with Gasteiger partial charge in [0, 0.05) is 26.2 Å². The molecule has 0 aromatic rings. The Morgan fingerprint density at radius 1 is 1.20 bits per heavy atom. The second-order valence-corrected chi connectivity index (χ2v) is 5.31. The third-order valence-electron chi connectivity index (χ3n) is 2.47. The van der Waals surface area contributed by atoms with Crippen molar-refractivity contribution in [2.75, 3.05) is 32.7 Å². The van der Waals surface area contributed by atoms with Gasteiger partial charge in [0.25, 0.3) is 0 Å². The van der Waals surface area contributed by atoms with Crippen molar-refractivity contribution >= 4 is 6.09 Å². The van der Waals surface area contributed by atoms with E-state index in [1.807, 2.05) is 41.5 Å².